The van der Waals surface area contributed by atoms with Gasteiger partial charge in [0.2, 0.25) is 0 Å². The van der Waals surface area contributed by atoms with Crippen LogP contribution >= 0.6 is 0 Å². The molecule has 3 heteroatoms. The van der Waals surface area contributed by atoms with Gasteiger partial charge in [-0.1, -0.05) is 12.1 Å². The van der Waals surface area contributed by atoms with Crippen molar-refractivity contribution in [1.29, 1.82) is 0 Å². The number of nitrogens with one attached hydrogen (secondary N) is 2. The van der Waals surface area contributed by atoms with Crippen LogP contribution in [0.15, 0.2) is 18.2 Å². The first-order valence-electron chi connectivity index (χ1n) is 7.01. The van der Waals surface area contributed by atoms with Crippen molar-refractivity contribution in [3.8, 4) is 5.75 Å². The van der Waals surface area contributed by atoms with E-state index >= 15 is 0 Å². The van der Waals surface area contributed by atoms with Crippen LogP contribution in [0.5, 0.6) is 5.75 Å². The highest BCUT2D eigenvalue weighted by Crippen LogP contribution is 2.18. The molecule has 0 saturated heterocycles. The van der Waals surface area contributed by atoms with Crippen LogP contribution in [0.2, 0.25) is 0 Å². The minimum Gasteiger partial charge on any atom is -0.496 e. The van der Waals surface area contributed by atoms with Crippen LogP contribution in [-0.2, 0) is 6.54 Å². The van der Waals surface area contributed by atoms with E-state index in [4.69, 9.17) is 4.74 Å². The van der Waals surface area contributed by atoms with Crippen molar-refractivity contribution in [2.45, 2.75) is 46.2 Å². The lowest BCUT2D eigenvalue weighted by atomic mass is 10.1. The van der Waals surface area contributed by atoms with Gasteiger partial charge in [0, 0.05) is 12.1 Å². The maximum Gasteiger partial charge on any atom is 0.122 e. The molecule has 0 fully saturated rings. The van der Waals surface area contributed by atoms with Gasteiger partial charge >= 0.3 is 0 Å². The third kappa shape index (κ3) is 6.60. The molecule has 0 radical (unpaired) electrons. The van der Waals surface area contributed by atoms with E-state index < -0.39 is 0 Å². The molecular formula is C16H28N2O. The maximum absolute atomic E-state index is 5.33. The smallest absolute Gasteiger partial charge is 0.122 e. The molecule has 1 aromatic rings. The molecule has 0 heterocycles. The van der Waals surface area contributed by atoms with Crippen LogP contribution in [-0.4, -0.2) is 25.7 Å². The van der Waals surface area contributed by atoms with E-state index in [1.807, 2.05) is 0 Å². The average molecular weight is 264 g/mol. The summed E-state index contributed by atoms with van der Waals surface area (Å²) in [7, 11) is 1.72. The predicted molar refractivity (Wildman–Crippen MR) is 81.8 cm³/mol. The second-order valence-corrected chi connectivity index (χ2v) is 6.01. The first-order chi connectivity index (χ1) is 8.92. The molecule has 3 nitrogen and oxygen atoms in total. The van der Waals surface area contributed by atoms with Gasteiger partial charge in [-0.2, -0.15) is 0 Å². The third-order valence-corrected chi connectivity index (χ3v) is 2.99. The first kappa shape index (κ1) is 16.0. The molecule has 0 atom stereocenters. The number of benzene rings is 1. The molecule has 19 heavy (non-hydrogen) atoms. The summed E-state index contributed by atoms with van der Waals surface area (Å²) in [6.07, 6.45) is 1.14. The molecule has 0 aliphatic rings. The summed E-state index contributed by atoms with van der Waals surface area (Å²) in [6.45, 7) is 11.6. The largest absolute Gasteiger partial charge is 0.496 e. The molecule has 0 unspecified atom stereocenters. The van der Waals surface area contributed by atoms with Crippen LogP contribution < -0.4 is 15.4 Å². The monoisotopic (exact) mass is 264 g/mol. The SMILES string of the molecule is COc1cc(CNCCCNC(C)(C)C)ccc1C. The minimum atomic E-state index is 0.213. The third-order valence-electron chi connectivity index (χ3n) is 2.99. The number of aryl methyl sites for hydroxylation is 1. The second-order valence-electron chi connectivity index (χ2n) is 6.01. The molecule has 0 aliphatic carbocycles. The Hall–Kier alpha value is -1.06. The van der Waals surface area contributed by atoms with Crippen LogP contribution in [0.25, 0.3) is 0 Å². The van der Waals surface area contributed by atoms with Gasteiger partial charge in [0.05, 0.1) is 7.11 Å². The predicted octanol–water partition coefficient (Wildman–Crippen LogP) is 2.87. The molecule has 108 valence electrons. The Bertz CT molecular complexity index is 383. The van der Waals surface area contributed by atoms with Crippen molar-refractivity contribution in [3.63, 3.8) is 0 Å². The van der Waals surface area contributed by atoms with Gasteiger partial charge in [-0.25, -0.2) is 0 Å². The van der Waals surface area contributed by atoms with Crippen molar-refractivity contribution in [1.82, 2.24) is 10.6 Å². The molecule has 0 aromatic heterocycles. The van der Waals surface area contributed by atoms with Crippen LogP contribution in [0.1, 0.15) is 38.3 Å². The van der Waals surface area contributed by atoms with E-state index in [2.05, 4.69) is 56.5 Å². The highest BCUT2D eigenvalue weighted by Gasteiger charge is 2.06. The fourth-order valence-corrected chi connectivity index (χ4v) is 1.88. The molecule has 0 spiro atoms. The summed E-state index contributed by atoms with van der Waals surface area (Å²) >= 11 is 0. The van der Waals surface area contributed by atoms with E-state index in [0.717, 1.165) is 31.8 Å². The van der Waals surface area contributed by atoms with Gasteiger partial charge in [-0.15, -0.1) is 0 Å². The standard InChI is InChI=1S/C16H28N2O/c1-13-7-8-14(11-15(13)19-5)12-17-9-6-10-18-16(2,3)4/h7-8,11,17-18H,6,9-10,12H2,1-5H3. The van der Waals surface area contributed by atoms with Crippen molar-refractivity contribution >= 4 is 0 Å². The average Bonchev–Trinajstić information content (AvgIpc) is 2.34. The molecule has 1 rings (SSSR count). The Kier molecular flexibility index (Phi) is 6.32. The Morgan fingerprint density at radius 3 is 2.53 bits per heavy atom. The maximum atomic E-state index is 5.33. The lowest BCUT2D eigenvalue weighted by Gasteiger charge is -2.20. The Morgan fingerprint density at radius 2 is 1.89 bits per heavy atom. The summed E-state index contributed by atoms with van der Waals surface area (Å²) < 4.78 is 5.33. The zero-order valence-electron chi connectivity index (χ0n) is 13.0. The van der Waals surface area contributed by atoms with Gasteiger partial charge in [-0.3, -0.25) is 0 Å². The van der Waals surface area contributed by atoms with Crippen LogP contribution in [0.4, 0.5) is 0 Å². The first-order valence-corrected chi connectivity index (χ1v) is 7.01. The highest BCUT2D eigenvalue weighted by atomic mass is 16.5. The van der Waals surface area contributed by atoms with Crippen molar-refractivity contribution in [2.75, 3.05) is 20.2 Å². The van der Waals surface area contributed by atoms with Gasteiger partial charge in [0.15, 0.2) is 0 Å². The van der Waals surface area contributed by atoms with Crippen molar-refractivity contribution < 1.29 is 4.74 Å². The second kappa shape index (κ2) is 7.51. The summed E-state index contributed by atoms with van der Waals surface area (Å²) in [5.41, 5.74) is 2.66. The molecular weight excluding hydrogens is 236 g/mol. The number of hydrogen-bond donors (Lipinski definition) is 2. The topological polar surface area (TPSA) is 33.3 Å². The Labute approximate surface area is 117 Å². The van der Waals surface area contributed by atoms with E-state index in [1.165, 1.54) is 11.1 Å². The lowest BCUT2D eigenvalue weighted by molar-refractivity contribution is 0.410. The Balaban J connectivity index is 2.23. The minimum absolute atomic E-state index is 0.213. The van der Waals surface area contributed by atoms with Gasteiger partial charge in [-0.05, 0) is 64.4 Å². The molecule has 2 N–H and O–H groups in total. The van der Waals surface area contributed by atoms with Crippen LogP contribution in [0, 0.1) is 6.92 Å². The van der Waals surface area contributed by atoms with E-state index in [1.54, 1.807) is 7.11 Å². The fraction of sp³-hybridized carbons (Fsp3) is 0.625. The number of ether oxygens (including phenoxy) is 1. The van der Waals surface area contributed by atoms with E-state index in [9.17, 15) is 0 Å². The van der Waals surface area contributed by atoms with Gasteiger partial charge in [0.1, 0.15) is 5.75 Å². The van der Waals surface area contributed by atoms with Crippen LogP contribution in [0.3, 0.4) is 0 Å². The molecule has 0 aliphatic heterocycles. The molecule has 1 aromatic carbocycles. The number of methoxy groups -OCH3 is 1. The lowest BCUT2D eigenvalue weighted by Crippen LogP contribution is -2.37. The van der Waals surface area contributed by atoms with Crippen molar-refractivity contribution in [2.24, 2.45) is 0 Å². The molecule has 0 saturated carbocycles. The fourth-order valence-electron chi connectivity index (χ4n) is 1.88. The summed E-state index contributed by atoms with van der Waals surface area (Å²) in [6, 6.07) is 6.37. The molecule has 0 bridgehead atoms. The summed E-state index contributed by atoms with van der Waals surface area (Å²) in [5.74, 6) is 0.966. The zero-order chi connectivity index (χ0) is 14.3. The summed E-state index contributed by atoms with van der Waals surface area (Å²) in [4.78, 5) is 0. The quantitative estimate of drug-likeness (QED) is 0.743. The number of hydrogen-bond acceptors (Lipinski definition) is 3. The van der Waals surface area contributed by atoms with E-state index in [0.29, 0.717) is 0 Å². The van der Waals surface area contributed by atoms with E-state index in [-0.39, 0.29) is 5.54 Å². The Morgan fingerprint density at radius 1 is 1.16 bits per heavy atom. The van der Waals surface area contributed by atoms with Gasteiger partial charge < -0.3 is 15.4 Å². The number of rotatable bonds is 7. The highest BCUT2D eigenvalue weighted by molar-refractivity contribution is 5.36. The summed E-state index contributed by atoms with van der Waals surface area (Å²) in [5, 5.41) is 6.95. The molecule has 0 amide bonds. The zero-order valence-corrected chi connectivity index (χ0v) is 13.0. The van der Waals surface area contributed by atoms with Gasteiger partial charge in [0.25, 0.3) is 0 Å². The normalized spacial score (nSPS) is 11.6. The van der Waals surface area contributed by atoms with Crippen molar-refractivity contribution in [3.05, 3.63) is 29.3 Å².